The van der Waals surface area contributed by atoms with Gasteiger partial charge < -0.3 is 11.1 Å². The quantitative estimate of drug-likeness (QED) is 0.745. The van der Waals surface area contributed by atoms with E-state index in [1.54, 1.807) is 0 Å². The van der Waals surface area contributed by atoms with E-state index in [0.717, 1.165) is 12.1 Å². The Hall–Kier alpha value is -1.49. The summed E-state index contributed by atoms with van der Waals surface area (Å²) < 4.78 is 26.0. The van der Waals surface area contributed by atoms with E-state index in [2.05, 4.69) is 5.32 Å². The van der Waals surface area contributed by atoms with E-state index in [9.17, 15) is 13.6 Å². The van der Waals surface area contributed by atoms with Crippen molar-refractivity contribution in [2.24, 2.45) is 5.73 Å². The summed E-state index contributed by atoms with van der Waals surface area (Å²) in [5.41, 5.74) is 4.75. The highest BCUT2D eigenvalue weighted by Gasteiger charge is 2.07. The van der Waals surface area contributed by atoms with Crippen LogP contribution in [0.4, 0.5) is 8.78 Å². The van der Waals surface area contributed by atoms with Gasteiger partial charge in [0.15, 0.2) is 0 Å². The summed E-state index contributed by atoms with van der Waals surface area (Å²) >= 11 is 0. The predicted octanol–water partition coefficient (Wildman–Crippen LogP) is 0.540. The van der Waals surface area contributed by atoms with E-state index in [0.29, 0.717) is 0 Å². The number of benzene rings is 1. The molecule has 0 aliphatic carbocycles. The molecule has 76 valence electrons. The normalized spacial score (nSPS) is 10.1. The summed E-state index contributed by atoms with van der Waals surface area (Å²) in [4.78, 5) is 10.3. The Kier molecular flexibility index (Phi) is 3.53. The van der Waals surface area contributed by atoms with E-state index in [1.165, 1.54) is 6.07 Å². The third-order valence-electron chi connectivity index (χ3n) is 1.66. The lowest BCUT2D eigenvalue weighted by atomic mass is 10.2. The van der Waals surface area contributed by atoms with Crippen LogP contribution in [-0.2, 0) is 11.3 Å². The van der Waals surface area contributed by atoms with Crippen molar-refractivity contribution in [1.29, 1.82) is 0 Å². The molecule has 0 saturated carbocycles. The van der Waals surface area contributed by atoms with Crippen molar-refractivity contribution >= 4 is 5.91 Å². The third-order valence-corrected chi connectivity index (χ3v) is 1.66. The zero-order valence-corrected chi connectivity index (χ0v) is 7.39. The number of hydrogen-bond acceptors (Lipinski definition) is 2. The second kappa shape index (κ2) is 4.66. The van der Waals surface area contributed by atoms with Gasteiger partial charge in [0.05, 0.1) is 6.54 Å². The molecule has 3 nitrogen and oxygen atoms in total. The first-order chi connectivity index (χ1) is 6.61. The van der Waals surface area contributed by atoms with Crippen LogP contribution in [-0.4, -0.2) is 12.5 Å². The van der Waals surface area contributed by atoms with E-state index in [1.807, 2.05) is 0 Å². The van der Waals surface area contributed by atoms with E-state index >= 15 is 0 Å². The summed E-state index contributed by atoms with van der Waals surface area (Å²) in [5, 5.41) is 2.53. The molecule has 14 heavy (non-hydrogen) atoms. The van der Waals surface area contributed by atoms with Crippen LogP contribution in [0.5, 0.6) is 0 Å². The fourth-order valence-corrected chi connectivity index (χ4v) is 1.01. The highest BCUT2D eigenvalue weighted by molar-refractivity contribution is 5.75. The van der Waals surface area contributed by atoms with Crippen LogP contribution >= 0.6 is 0 Å². The molecule has 0 spiro atoms. The average molecular weight is 200 g/mol. The van der Waals surface area contributed by atoms with Crippen molar-refractivity contribution < 1.29 is 13.6 Å². The van der Waals surface area contributed by atoms with Gasteiger partial charge in [-0.2, -0.15) is 0 Å². The maximum absolute atomic E-state index is 13.0. The number of rotatable bonds is 4. The number of carbonyl (C=O) groups excluding carboxylic acids is 1. The summed E-state index contributed by atoms with van der Waals surface area (Å²) in [6, 6.07) is 3.59. The number of hydrogen-bond donors (Lipinski definition) is 2. The maximum Gasteiger partial charge on any atom is 0.231 e. The van der Waals surface area contributed by atoms with Gasteiger partial charge in [0.25, 0.3) is 0 Å². The Morgan fingerprint density at radius 1 is 1.36 bits per heavy atom. The lowest BCUT2D eigenvalue weighted by Crippen LogP contribution is -2.28. The molecule has 5 heteroatoms. The van der Waals surface area contributed by atoms with Crippen LogP contribution in [0, 0.1) is 11.6 Å². The Labute approximate surface area is 79.9 Å². The summed E-state index contributed by atoms with van der Waals surface area (Å²) in [7, 11) is 0. The lowest BCUT2D eigenvalue weighted by molar-refractivity contribution is -0.117. The van der Waals surface area contributed by atoms with Crippen LogP contribution in [0.25, 0.3) is 0 Å². The fraction of sp³-hybridized carbons (Fsp3) is 0.222. The topological polar surface area (TPSA) is 55.1 Å². The van der Waals surface area contributed by atoms with E-state index in [-0.39, 0.29) is 18.7 Å². The number of nitrogens with one attached hydrogen (secondary N) is 1. The number of halogens is 2. The molecule has 0 heterocycles. The minimum absolute atomic E-state index is 0.0541. The minimum Gasteiger partial charge on any atom is -0.369 e. The molecule has 0 bridgehead atoms. The predicted molar refractivity (Wildman–Crippen MR) is 47.3 cm³/mol. The molecule has 0 aliphatic heterocycles. The number of amides is 1. The number of carbonyl (C=O) groups is 1. The first-order valence-corrected chi connectivity index (χ1v) is 4.03. The summed E-state index contributed by atoms with van der Waals surface area (Å²) in [6.07, 6.45) is 0. The Morgan fingerprint density at radius 3 is 2.43 bits per heavy atom. The molecule has 3 N–H and O–H groups in total. The van der Waals surface area contributed by atoms with Crippen LogP contribution in [0.3, 0.4) is 0 Å². The molecule has 0 unspecified atom stereocenters. The van der Waals surface area contributed by atoms with Crippen LogP contribution < -0.4 is 11.1 Å². The van der Waals surface area contributed by atoms with Gasteiger partial charge >= 0.3 is 0 Å². The number of nitrogens with two attached hydrogens (primary N) is 1. The Morgan fingerprint density at radius 2 is 1.93 bits per heavy atom. The molecule has 1 aromatic rings. The van der Waals surface area contributed by atoms with Crippen molar-refractivity contribution in [3.63, 3.8) is 0 Å². The van der Waals surface area contributed by atoms with Gasteiger partial charge in [-0.05, 0) is 12.1 Å². The average Bonchev–Trinajstić information content (AvgIpc) is 2.09. The molecule has 0 saturated heterocycles. The zero-order chi connectivity index (χ0) is 10.6. The molecular weight excluding hydrogens is 190 g/mol. The van der Waals surface area contributed by atoms with Gasteiger partial charge in [-0.15, -0.1) is 0 Å². The van der Waals surface area contributed by atoms with Crippen LogP contribution in [0.15, 0.2) is 18.2 Å². The summed E-state index contributed by atoms with van der Waals surface area (Å²) in [6.45, 7) is -0.158. The van der Waals surface area contributed by atoms with E-state index in [4.69, 9.17) is 5.73 Å². The third kappa shape index (κ3) is 2.77. The molecule has 1 aromatic carbocycles. The molecule has 0 atom stereocenters. The van der Waals surface area contributed by atoms with Gasteiger partial charge in [0.1, 0.15) is 11.6 Å². The first-order valence-electron chi connectivity index (χ1n) is 4.03. The smallest absolute Gasteiger partial charge is 0.231 e. The van der Waals surface area contributed by atoms with Crippen molar-refractivity contribution in [3.8, 4) is 0 Å². The first kappa shape index (κ1) is 10.6. The second-order valence-corrected chi connectivity index (χ2v) is 2.77. The maximum atomic E-state index is 13.0. The Bertz CT molecular complexity index is 321. The van der Waals surface area contributed by atoms with Crippen LogP contribution in [0.2, 0.25) is 0 Å². The zero-order valence-electron chi connectivity index (χ0n) is 7.39. The molecule has 1 rings (SSSR count). The summed E-state index contributed by atoms with van der Waals surface area (Å²) in [5.74, 6) is -1.84. The van der Waals surface area contributed by atoms with Gasteiger partial charge in [-0.25, -0.2) is 8.78 Å². The number of primary amides is 1. The molecular formula is C9H10F2N2O. The second-order valence-electron chi connectivity index (χ2n) is 2.77. The lowest BCUT2D eigenvalue weighted by Gasteiger charge is -2.04. The molecule has 0 aliphatic rings. The molecule has 0 aromatic heterocycles. The van der Waals surface area contributed by atoms with Crippen molar-refractivity contribution in [3.05, 3.63) is 35.4 Å². The van der Waals surface area contributed by atoms with Gasteiger partial charge in [0.2, 0.25) is 5.91 Å². The SMILES string of the molecule is NC(=O)CNCc1c(F)cccc1F. The molecule has 1 amide bonds. The highest BCUT2D eigenvalue weighted by atomic mass is 19.1. The van der Waals surface area contributed by atoms with E-state index < -0.39 is 17.5 Å². The fourth-order valence-electron chi connectivity index (χ4n) is 1.01. The Balaban J connectivity index is 2.62. The van der Waals surface area contributed by atoms with Crippen molar-refractivity contribution in [2.75, 3.05) is 6.54 Å². The standard InChI is InChI=1S/C9H10F2N2O/c10-7-2-1-3-8(11)6(7)4-13-5-9(12)14/h1-3,13H,4-5H2,(H2,12,14). The monoisotopic (exact) mass is 200 g/mol. The van der Waals surface area contributed by atoms with Gasteiger partial charge in [0, 0.05) is 12.1 Å². The minimum atomic E-state index is -0.637. The van der Waals surface area contributed by atoms with Crippen molar-refractivity contribution in [2.45, 2.75) is 6.54 Å². The largest absolute Gasteiger partial charge is 0.369 e. The molecule has 0 fully saturated rings. The van der Waals surface area contributed by atoms with Crippen molar-refractivity contribution in [1.82, 2.24) is 5.32 Å². The van der Waals surface area contributed by atoms with Crippen LogP contribution in [0.1, 0.15) is 5.56 Å². The van der Waals surface area contributed by atoms with Gasteiger partial charge in [-0.1, -0.05) is 6.07 Å². The van der Waals surface area contributed by atoms with Gasteiger partial charge in [-0.3, -0.25) is 4.79 Å². The molecule has 0 radical (unpaired) electrons. The highest BCUT2D eigenvalue weighted by Crippen LogP contribution is 2.10.